The maximum atomic E-state index is 13.4. The molecule has 0 spiro atoms. The third-order valence-corrected chi connectivity index (χ3v) is 2.74. The van der Waals surface area contributed by atoms with Gasteiger partial charge in [-0.15, -0.1) is 0 Å². The number of halogens is 1. The minimum atomic E-state index is -1.32. The lowest BCUT2D eigenvalue weighted by Crippen LogP contribution is -2.42. The van der Waals surface area contributed by atoms with Gasteiger partial charge in [-0.1, -0.05) is 0 Å². The molecule has 1 aliphatic heterocycles. The van der Waals surface area contributed by atoms with E-state index >= 15 is 0 Å². The molecule has 1 saturated heterocycles. The topological polar surface area (TPSA) is 88.4 Å². The number of nitrogens with zero attached hydrogens (tertiary/aromatic N) is 1. The van der Waals surface area contributed by atoms with Gasteiger partial charge in [-0.05, 0) is 23.8 Å². The average molecular weight is 304 g/mol. The predicted molar refractivity (Wildman–Crippen MR) is 73.7 cm³/mol. The third-order valence-electron chi connectivity index (χ3n) is 2.74. The van der Waals surface area contributed by atoms with Crippen LogP contribution >= 0.6 is 0 Å². The second-order valence-electron chi connectivity index (χ2n) is 5.06. The maximum absolute atomic E-state index is 13.4. The summed E-state index contributed by atoms with van der Waals surface area (Å²) in [5.74, 6) is -3.52. The number of carbonyl (C=O) groups is 2. The van der Waals surface area contributed by atoms with Crippen molar-refractivity contribution in [1.29, 1.82) is 5.26 Å². The maximum Gasteiger partial charge on any atom is 0.350 e. The number of hydrogen-bond acceptors (Lipinski definition) is 6. The second-order valence-corrected chi connectivity index (χ2v) is 5.06. The Morgan fingerprint density at radius 1 is 1.27 bits per heavy atom. The van der Waals surface area contributed by atoms with Gasteiger partial charge in [-0.25, -0.2) is 14.0 Å². The van der Waals surface area contributed by atoms with E-state index in [2.05, 4.69) is 5.32 Å². The zero-order valence-electron chi connectivity index (χ0n) is 12.0. The highest BCUT2D eigenvalue weighted by Crippen LogP contribution is 2.23. The van der Waals surface area contributed by atoms with E-state index in [4.69, 9.17) is 14.7 Å². The van der Waals surface area contributed by atoms with Gasteiger partial charge in [0.1, 0.15) is 5.82 Å². The van der Waals surface area contributed by atoms with Crippen LogP contribution in [0.5, 0.6) is 0 Å². The van der Waals surface area contributed by atoms with Crippen molar-refractivity contribution in [2.45, 2.75) is 26.1 Å². The molecule has 1 heterocycles. The molecule has 0 saturated carbocycles. The van der Waals surface area contributed by atoms with Crippen molar-refractivity contribution >= 4 is 17.6 Å². The summed E-state index contributed by atoms with van der Waals surface area (Å²) < 4.78 is 23.3. The highest BCUT2D eigenvalue weighted by Gasteiger charge is 2.38. The fourth-order valence-corrected chi connectivity index (χ4v) is 1.86. The van der Waals surface area contributed by atoms with Crippen molar-refractivity contribution in [2.24, 2.45) is 0 Å². The molecule has 114 valence electrons. The van der Waals surface area contributed by atoms with Gasteiger partial charge in [0.2, 0.25) is 0 Å². The Bertz CT molecular complexity index is 682. The standard InChI is InChI=1S/C15H13FN2O4/c1-15(2)21-13(19)12(14(20)22-15)8-18-11-6-9(3-4-17)5-10(16)7-11/h5-8,18H,3H2,1-2H3. The first-order valence-electron chi connectivity index (χ1n) is 6.40. The lowest BCUT2D eigenvalue weighted by atomic mass is 10.1. The molecule has 0 amide bonds. The first-order valence-corrected chi connectivity index (χ1v) is 6.40. The van der Waals surface area contributed by atoms with Crippen LogP contribution in [0, 0.1) is 17.1 Å². The molecule has 0 atom stereocenters. The van der Waals surface area contributed by atoms with Gasteiger partial charge in [0.05, 0.1) is 12.5 Å². The van der Waals surface area contributed by atoms with Crippen LogP contribution in [0.4, 0.5) is 10.1 Å². The molecule has 0 aliphatic carbocycles. The number of nitrogens with one attached hydrogen (secondary N) is 1. The van der Waals surface area contributed by atoms with Crippen molar-refractivity contribution < 1.29 is 23.5 Å². The summed E-state index contributed by atoms with van der Waals surface area (Å²) in [4.78, 5) is 23.5. The molecule has 6 nitrogen and oxygen atoms in total. The molecular formula is C15H13FN2O4. The largest absolute Gasteiger partial charge is 0.419 e. The van der Waals surface area contributed by atoms with Crippen LogP contribution in [0.25, 0.3) is 0 Å². The Balaban J connectivity index is 2.20. The van der Waals surface area contributed by atoms with Gasteiger partial charge in [0.25, 0.3) is 5.79 Å². The summed E-state index contributed by atoms with van der Waals surface area (Å²) in [6.07, 6.45) is 1.13. The van der Waals surface area contributed by atoms with Gasteiger partial charge < -0.3 is 14.8 Å². The van der Waals surface area contributed by atoms with Gasteiger partial charge >= 0.3 is 11.9 Å². The number of cyclic esters (lactones) is 2. The summed E-state index contributed by atoms with van der Waals surface area (Å²) >= 11 is 0. The van der Waals surface area contributed by atoms with Gasteiger partial charge in [0.15, 0.2) is 5.57 Å². The van der Waals surface area contributed by atoms with E-state index in [1.807, 2.05) is 6.07 Å². The number of anilines is 1. The van der Waals surface area contributed by atoms with Crippen molar-refractivity contribution in [3.63, 3.8) is 0 Å². The normalized spacial score (nSPS) is 16.4. The summed E-state index contributed by atoms with van der Waals surface area (Å²) in [6.45, 7) is 2.88. The van der Waals surface area contributed by atoms with Gasteiger partial charge in [0, 0.05) is 25.7 Å². The summed E-state index contributed by atoms with van der Waals surface area (Å²) in [7, 11) is 0. The molecule has 2 rings (SSSR count). The van der Waals surface area contributed by atoms with Crippen LogP contribution in [0.2, 0.25) is 0 Å². The van der Waals surface area contributed by atoms with Crippen LogP contribution in [0.3, 0.4) is 0 Å². The lowest BCUT2D eigenvalue weighted by Gasteiger charge is -2.29. The Morgan fingerprint density at radius 2 is 1.91 bits per heavy atom. The Kier molecular flexibility index (Phi) is 4.13. The summed E-state index contributed by atoms with van der Waals surface area (Å²) in [6, 6.07) is 5.84. The molecule has 1 N–H and O–H groups in total. The quantitative estimate of drug-likeness (QED) is 0.522. The van der Waals surface area contributed by atoms with E-state index in [0.29, 0.717) is 11.3 Å². The fourth-order valence-electron chi connectivity index (χ4n) is 1.86. The van der Waals surface area contributed by atoms with Gasteiger partial charge in [-0.2, -0.15) is 5.26 Å². The van der Waals surface area contributed by atoms with Crippen molar-refractivity contribution in [3.05, 3.63) is 41.4 Å². The van der Waals surface area contributed by atoms with E-state index in [-0.39, 0.29) is 12.0 Å². The smallest absolute Gasteiger partial charge is 0.350 e. The average Bonchev–Trinajstić information content (AvgIpc) is 2.35. The Hall–Kier alpha value is -2.88. The molecule has 1 aromatic rings. The zero-order valence-corrected chi connectivity index (χ0v) is 12.0. The molecule has 0 bridgehead atoms. The number of benzene rings is 1. The number of rotatable bonds is 3. The number of hydrogen-bond donors (Lipinski definition) is 1. The second kappa shape index (κ2) is 5.85. The van der Waals surface area contributed by atoms with E-state index in [1.54, 1.807) is 0 Å². The number of esters is 2. The van der Waals surface area contributed by atoms with E-state index in [0.717, 1.165) is 6.20 Å². The number of carbonyl (C=O) groups excluding carboxylic acids is 2. The van der Waals surface area contributed by atoms with Crippen LogP contribution in [-0.4, -0.2) is 17.7 Å². The Morgan fingerprint density at radius 3 is 2.50 bits per heavy atom. The molecular weight excluding hydrogens is 291 g/mol. The first-order chi connectivity index (χ1) is 10.3. The van der Waals surface area contributed by atoms with E-state index in [9.17, 15) is 14.0 Å². The molecule has 0 unspecified atom stereocenters. The lowest BCUT2D eigenvalue weighted by molar-refractivity contribution is -0.222. The Labute approximate surface area is 126 Å². The number of nitriles is 1. The fraction of sp³-hybridized carbons (Fsp3) is 0.267. The van der Waals surface area contributed by atoms with E-state index < -0.39 is 23.5 Å². The molecule has 0 aromatic heterocycles. The molecule has 1 aliphatic rings. The zero-order chi connectivity index (χ0) is 16.3. The summed E-state index contributed by atoms with van der Waals surface area (Å²) in [5, 5.41) is 11.3. The molecule has 1 aromatic carbocycles. The molecule has 22 heavy (non-hydrogen) atoms. The van der Waals surface area contributed by atoms with Gasteiger partial charge in [-0.3, -0.25) is 0 Å². The van der Waals surface area contributed by atoms with Crippen molar-refractivity contribution in [3.8, 4) is 6.07 Å². The summed E-state index contributed by atoms with van der Waals surface area (Å²) in [5.41, 5.74) is 0.437. The highest BCUT2D eigenvalue weighted by atomic mass is 19.1. The van der Waals surface area contributed by atoms with Crippen LogP contribution in [0.1, 0.15) is 19.4 Å². The first kappa shape index (κ1) is 15.5. The highest BCUT2D eigenvalue weighted by molar-refractivity contribution is 6.15. The predicted octanol–water partition coefficient (Wildman–Crippen LogP) is 2.02. The molecule has 0 radical (unpaired) electrons. The molecule has 1 fully saturated rings. The van der Waals surface area contributed by atoms with Crippen molar-refractivity contribution in [2.75, 3.05) is 5.32 Å². The van der Waals surface area contributed by atoms with Crippen LogP contribution in [0.15, 0.2) is 30.0 Å². The van der Waals surface area contributed by atoms with Crippen LogP contribution in [-0.2, 0) is 25.5 Å². The monoisotopic (exact) mass is 304 g/mol. The minimum absolute atomic E-state index is 0.0429. The minimum Gasteiger partial charge on any atom is -0.419 e. The molecule has 7 heteroatoms. The SMILES string of the molecule is CC1(C)OC(=O)C(=CNc2cc(F)cc(CC#N)c2)C(=O)O1. The van der Waals surface area contributed by atoms with Crippen molar-refractivity contribution in [1.82, 2.24) is 0 Å². The van der Waals surface area contributed by atoms with E-state index in [1.165, 1.54) is 32.0 Å². The number of ether oxygens (including phenoxy) is 2. The van der Waals surface area contributed by atoms with Crippen LogP contribution < -0.4 is 5.32 Å². The third kappa shape index (κ3) is 3.61.